The smallest absolute Gasteiger partial charge is 0.408 e. The maximum absolute atomic E-state index is 12.7. The van der Waals surface area contributed by atoms with E-state index in [0.717, 1.165) is 22.3 Å². The molecule has 1 aliphatic heterocycles. The van der Waals surface area contributed by atoms with Crippen LogP contribution in [0.2, 0.25) is 0 Å². The third-order valence-electron chi connectivity index (χ3n) is 4.53. The topological polar surface area (TPSA) is 46.5 Å². The molecule has 4 heteroatoms. The molecular weight excluding hydrogens is 319 g/mol. The van der Waals surface area contributed by atoms with Gasteiger partial charge in [0.15, 0.2) is 0 Å². The number of rotatable bonds is 2. The van der Waals surface area contributed by atoms with Gasteiger partial charge in [-0.3, -0.25) is 0 Å². The van der Waals surface area contributed by atoms with E-state index in [4.69, 9.17) is 4.52 Å². The molecule has 0 saturated heterocycles. The van der Waals surface area contributed by atoms with Gasteiger partial charge in [-0.2, -0.15) is 0 Å². The van der Waals surface area contributed by atoms with Crippen LogP contribution in [0.3, 0.4) is 0 Å². The van der Waals surface area contributed by atoms with Crippen molar-refractivity contribution in [3.8, 4) is 16.9 Å². The third-order valence-corrected chi connectivity index (χ3v) is 5.95. The predicted octanol–water partition coefficient (Wildman–Crippen LogP) is 4.71. The monoisotopic (exact) mass is 336 g/mol. The van der Waals surface area contributed by atoms with Crippen molar-refractivity contribution in [2.45, 2.75) is 12.8 Å². The largest absolute Gasteiger partial charge is 0.420 e. The molecule has 3 aromatic rings. The van der Waals surface area contributed by atoms with E-state index in [0.29, 0.717) is 11.1 Å². The summed E-state index contributed by atoms with van der Waals surface area (Å²) in [7, 11) is -3.87. The van der Waals surface area contributed by atoms with Crippen LogP contribution in [-0.2, 0) is 4.57 Å². The quantitative estimate of drug-likeness (QED) is 0.690. The Morgan fingerprint density at radius 3 is 2.33 bits per heavy atom. The van der Waals surface area contributed by atoms with E-state index in [1.54, 1.807) is 12.1 Å². The molecule has 1 heterocycles. The summed E-state index contributed by atoms with van der Waals surface area (Å²) in [5.41, 5.74) is 3.70. The fraction of sp³-hybridized carbons (Fsp3) is 0.100. The molecule has 0 aliphatic carbocycles. The first-order valence-corrected chi connectivity index (χ1v) is 9.46. The van der Waals surface area contributed by atoms with Crippen molar-refractivity contribution in [1.82, 2.24) is 0 Å². The fourth-order valence-corrected chi connectivity index (χ4v) is 4.58. The van der Waals surface area contributed by atoms with E-state index in [-0.39, 0.29) is 5.92 Å². The maximum Gasteiger partial charge on any atom is 0.408 e. The first kappa shape index (κ1) is 15.2. The molecule has 3 aromatic carbocycles. The Morgan fingerprint density at radius 1 is 0.875 bits per heavy atom. The molecule has 120 valence electrons. The molecule has 0 saturated carbocycles. The van der Waals surface area contributed by atoms with E-state index in [1.807, 2.05) is 48.5 Å². The van der Waals surface area contributed by atoms with Crippen LogP contribution in [0.25, 0.3) is 11.1 Å². The zero-order chi connectivity index (χ0) is 16.7. The van der Waals surface area contributed by atoms with Gasteiger partial charge in [-0.15, -0.1) is 0 Å². The standard InChI is InChI=1S/C20H17O3P/c1-14(15-8-3-2-4-9-15)16-11-7-12-18-17-10-5-6-13-19(17)24(21,22)23-20(16)18/h2-14H,1H3,(H,21,22). The fourth-order valence-electron chi connectivity index (χ4n) is 3.25. The van der Waals surface area contributed by atoms with Crippen molar-refractivity contribution in [2.75, 3.05) is 0 Å². The molecule has 0 spiro atoms. The van der Waals surface area contributed by atoms with Crippen molar-refractivity contribution in [1.29, 1.82) is 0 Å². The lowest BCUT2D eigenvalue weighted by Gasteiger charge is -2.28. The number of para-hydroxylation sites is 1. The van der Waals surface area contributed by atoms with E-state index in [9.17, 15) is 9.46 Å². The van der Waals surface area contributed by atoms with Crippen LogP contribution >= 0.6 is 7.60 Å². The van der Waals surface area contributed by atoms with Crippen molar-refractivity contribution in [3.63, 3.8) is 0 Å². The van der Waals surface area contributed by atoms with Gasteiger partial charge in [0.1, 0.15) is 5.75 Å². The number of hydrogen-bond acceptors (Lipinski definition) is 2. The van der Waals surface area contributed by atoms with Crippen molar-refractivity contribution < 1.29 is 14.0 Å². The van der Waals surface area contributed by atoms with Gasteiger partial charge in [0.2, 0.25) is 0 Å². The molecule has 0 bridgehead atoms. The third kappa shape index (κ3) is 2.37. The maximum atomic E-state index is 12.7. The van der Waals surface area contributed by atoms with Gasteiger partial charge in [-0.05, 0) is 11.6 Å². The molecular formula is C20H17O3P. The van der Waals surface area contributed by atoms with Gasteiger partial charge in [0.25, 0.3) is 0 Å². The van der Waals surface area contributed by atoms with E-state index in [1.165, 1.54) is 0 Å². The highest BCUT2D eigenvalue weighted by Gasteiger charge is 2.36. The van der Waals surface area contributed by atoms with E-state index in [2.05, 4.69) is 19.1 Å². The molecule has 2 unspecified atom stereocenters. The van der Waals surface area contributed by atoms with E-state index >= 15 is 0 Å². The highest BCUT2D eigenvalue weighted by atomic mass is 31.2. The molecule has 24 heavy (non-hydrogen) atoms. The Bertz CT molecular complexity index is 950. The summed E-state index contributed by atoms with van der Waals surface area (Å²) in [5, 5.41) is 0.363. The molecule has 0 radical (unpaired) electrons. The van der Waals surface area contributed by atoms with Crippen molar-refractivity contribution in [2.24, 2.45) is 0 Å². The molecule has 0 fully saturated rings. The zero-order valence-electron chi connectivity index (χ0n) is 13.2. The second kappa shape index (κ2) is 5.62. The Morgan fingerprint density at radius 2 is 1.54 bits per heavy atom. The summed E-state index contributed by atoms with van der Waals surface area (Å²) in [6.07, 6.45) is 0. The SMILES string of the molecule is CC(c1ccccc1)c1cccc2c1OP(=O)(O)c1ccccc1-2. The minimum Gasteiger partial charge on any atom is -0.420 e. The van der Waals surface area contributed by atoms with Crippen molar-refractivity contribution in [3.05, 3.63) is 83.9 Å². The van der Waals surface area contributed by atoms with Crippen LogP contribution in [0.1, 0.15) is 24.0 Å². The van der Waals surface area contributed by atoms with Crippen LogP contribution in [0.5, 0.6) is 5.75 Å². The minimum atomic E-state index is -3.87. The van der Waals surface area contributed by atoms with Crippen LogP contribution in [0.4, 0.5) is 0 Å². The van der Waals surface area contributed by atoms with Gasteiger partial charge in [0.05, 0.1) is 5.30 Å². The average molecular weight is 336 g/mol. The van der Waals surface area contributed by atoms with Crippen LogP contribution < -0.4 is 9.83 Å². The van der Waals surface area contributed by atoms with Gasteiger partial charge >= 0.3 is 7.60 Å². The van der Waals surface area contributed by atoms with Crippen LogP contribution in [0.15, 0.2) is 72.8 Å². The Balaban J connectivity index is 1.92. The van der Waals surface area contributed by atoms with Gasteiger partial charge in [0, 0.05) is 22.6 Å². The summed E-state index contributed by atoms with van der Waals surface area (Å²) in [6, 6.07) is 23.1. The summed E-state index contributed by atoms with van der Waals surface area (Å²) in [6.45, 7) is 2.08. The Labute approximate surface area is 141 Å². The molecule has 4 rings (SSSR count). The summed E-state index contributed by atoms with van der Waals surface area (Å²) in [4.78, 5) is 10.4. The summed E-state index contributed by atoms with van der Waals surface area (Å²) in [5.74, 6) is 0.574. The van der Waals surface area contributed by atoms with Gasteiger partial charge in [-0.1, -0.05) is 73.7 Å². The van der Waals surface area contributed by atoms with E-state index < -0.39 is 7.60 Å². The second-order valence-electron chi connectivity index (χ2n) is 5.99. The molecule has 0 aromatic heterocycles. The first-order valence-electron chi connectivity index (χ1n) is 7.88. The summed E-state index contributed by atoms with van der Waals surface area (Å²) >= 11 is 0. The number of benzene rings is 3. The number of fused-ring (bicyclic) bond motifs is 3. The molecule has 3 nitrogen and oxygen atoms in total. The second-order valence-corrected chi connectivity index (χ2v) is 7.69. The summed E-state index contributed by atoms with van der Waals surface area (Å²) < 4.78 is 18.3. The molecule has 2 atom stereocenters. The zero-order valence-corrected chi connectivity index (χ0v) is 14.1. The average Bonchev–Trinajstić information content (AvgIpc) is 2.61. The minimum absolute atomic E-state index is 0.0615. The number of hydrogen-bond donors (Lipinski definition) is 1. The van der Waals surface area contributed by atoms with Gasteiger partial charge in [-0.25, -0.2) is 4.57 Å². The lowest BCUT2D eigenvalue weighted by Crippen LogP contribution is -2.18. The molecule has 0 amide bonds. The van der Waals surface area contributed by atoms with Crippen LogP contribution in [-0.4, -0.2) is 4.89 Å². The highest BCUT2D eigenvalue weighted by molar-refractivity contribution is 7.62. The molecule has 1 N–H and O–H groups in total. The van der Waals surface area contributed by atoms with Gasteiger partial charge < -0.3 is 9.42 Å². The highest BCUT2D eigenvalue weighted by Crippen LogP contribution is 2.54. The predicted molar refractivity (Wildman–Crippen MR) is 95.9 cm³/mol. The Hall–Kier alpha value is -2.35. The lowest BCUT2D eigenvalue weighted by molar-refractivity contribution is 0.390. The van der Waals surface area contributed by atoms with Crippen molar-refractivity contribution >= 4 is 12.9 Å². The Kier molecular flexibility index (Phi) is 3.56. The lowest BCUT2D eigenvalue weighted by atomic mass is 9.89. The first-order chi connectivity index (χ1) is 11.6. The normalized spacial score (nSPS) is 19.8. The molecule has 1 aliphatic rings. The van der Waals surface area contributed by atoms with Crippen LogP contribution in [0, 0.1) is 0 Å².